The lowest BCUT2D eigenvalue weighted by Crippen LogP contribution is -2.48. The Morgan fingerprint density at radius 1 is 0.756 bits per heavy atom. The van der Waals surface area contributed by atoms with Crippen LogP contribution >= 0.6 is 0 Å². The van der Waals surface area contributed by atoms with Gasteiger partial charge >= 0.3 is 0 Å². The van der Waals surface area contributed by atoms with Gasteiger partial charge in [-0.1, -0.05) is 38.5 Å². The number of amides is 4. The number of Topliss-reactive ketones (excluding diaryl/α,β-unsaturated/α-hetero) is 2. The van der Waals surface area contributed by atoms with Crippen molar-refractivity contribution in [3.8, 4) is 0 Å². The van der Waals surface area contributed by atoms with Gasteiger partial charge in [-0.05, 0) is 26.0 Å². The second-order valence-electron chi connectivity index (χ2n) is 10.3. The van der Waals surface area contributed by atoms with Crippen molar-refractivity contribution in [2.24, 2.45) is 17.6 Å². The zero-order valence-electron chi connectivity index (χ0n) is 24.6. The molecule has 0 saturated carbocycles. The summed E-state index contributed by atoms with van der Waals surface area (Å²) in [6.07, 6.45) is -0.222. The van der Waals surface area contributed by atoms with Crippen molar-refractivity contribution in [3.63, 3.8) is 0 Å². The smallest absolute Gasteiger partial charge is 0.247 e. The molecule has 0 aromatic heterocycles. The third kappa shape index (κ3) is 15.1. The normalized spacial score (nSPS) is 13.1. The van der Waals surface area contributed by atoms with E-state index >= 15 is 0 Å². The van der Waals surface area contributed by atoms with Gasteiger partial charge in [0.15, 0.2) is 5.78 Å². The number of nitrogens with one attached hydrogen (secondary N) is 3. The number of hydrogen-bond donors (Lipinski definition) is 4. The molecule has 41 heavy (non-hydrogen) atoms. The zero-order valence-corrected chi connectivity index (χ0v) is 24.6. The van der Waals surface area contributed by atoms with E-state index in [1.54, 1.807) is 24.3 Å². The monoisotopic (exact) mass is 576 g/mol. The minimum Gasteiger partial charge on any atom is -0.379 e. The van der Waals surface area contributed by atoms with E-state index in [4.69, 9.17) is 15.2 Å². The van der Waals surface area contributed by atoms with Crippen LogP contribution in [0, 0.1) is 18.8 Å². The molecule has 0 radical (unpaired) electrons. The number of anilines is 1. The SMILES string of the molecule is Cc1ccc(NC(=O)[C@H](CC(N)=O)NC(=O)[C@H](C)CC(=O)[C@H](C)NC(=O)CCOCCOCCC(=O)C(C)C)cc1. The van der Waals surface area contributed by atoms with Gasteiger partial charge in [-0.2, -0.15) is 0 Å². The molecule has 3 atom stereocenters. The van der Waals surface area contributed by atoms with E-state index in [-0.39, 0.29) is 49.4 Å². The van der Waals surface area contributed by atoms with Crippen LogP contribution in [0.5, 0.6) is 0 Å². The van der Waals surface area contributed by atoms with E-state index in [2.05, 4.69) is 16.0 Å². The van der Waals surface area contributed by atoms with Gasteiger partial charge in [0.2, 0.25) is 23.6 Å². The quantitative estimate of drug-likeness (QED) is 0.168. The van der Waals surface area contributed by atoms with Crippen LogP contribution in [0.4, 0.5) is 5.69 Å². The van der Waals surface area contributed by atoms with Crippen molar-refractivity contribution < 1.29 is 38.2 Å². The fourth-order valence-electron chi connectivity index (χ4n) is 3.50. The number of ether oxygens (including phenoxy) is 2. The molecule has 12 nitrogen and oxygen atoms in total. The van der Waals surface area contributed by atoms with Crippen molar-refractivity contribution in [2.75, 3.05) is 31.7 Å². The summed E-state index contributed by atoms with van der Waals surface area (Å²) >= 11 is 0. The predicted octanol–water partition coefficient (Wildman–Crippen LogP) is 1.43. The first-order valence-corrected chi connectivity index (χ1v) is 13.8. The largest absolute Gasteiger partial charge is 0.379 e. The van der Waals surface area contributed by atoms with Crippen molar-refractivity contribution in [2.45, 2.75) is 72.4 Å². The topological polar surface area (TPSA) is 183 Å². The summed E-state index contributed by atoms with van der Waals surface area (Å²) in [6.45, 7) is 9.61. The fourth-order valence-corrected chi connectivity index (χ4v) is 3.50. The molecule has 0 aliphatic rings. The van der Waals surface area contributed by atoms with Gasteiger partial charge in [-0.25, -0.2) is 0 Å². The Hall–Kier alpha value is -3.64. The van der Waals surface area contributed by atoms with Gasteiger partial charge in [0, 0.05) is 36.8 Å². The third-order valence-electron chi connectivity index (χ3n) is 6.16. The Morgan fingerprint density at radius 3 is 1.90 bits per heavy atom. The second kappa shape index (κ2) is 18.7. The summed E-state index contributed by atoms with van der Waals surface area (Å²) in [5, 5.41) is 7.71. The molecule has 0 aliphatic carbocycles. The molecule has 5 N–H and O–H groups in total. The molecule has 228 valence electrons. The number of ketones is 2. The molecular formula is C29H44N4O8. The minimum absolute atomic E-state index is 0.0217. The van der Waals surface area contributed by atoms with Crippen LogP contribution in [-0.4, -0.2) is 73.7 Å². The summed E-state index contributed by atoms with van der Waals surface area (Å²) in [7, 11) is 0. The van der Waals surface area contributed by atoms with Crippen molar-refractivity contribution in [1.82, 2.24) is 10.6 Å². The molecule has 0 fully saturated rings. The number of aryl methyl sites for hydroxylation is 1. The average molecular weight is 577 g/mol. The van der Waals surface area contributed by atoms with Crippen LogP contribution < -0.4 is 21.7 Å². The van der Waals surface area contributed by atoms with Crippen molar-refractivity contribution in [1.29, 1.82) is 0 Å². The summed E-state index contributed by atoms with van der Waals surface area (Å²) < 4.78 is 10.7. The minimum atomic E-state index is -1.22. The predicted molar refractivity (Wildman–Crippen MR) is 153 cm³/mol. The Bertz CT molecular complexity index is 1040. The molecular weight excluding hydrogens is 532 g/mol. The van der Waals surface area contributed by atoms with E-state index in [1.165, 1.54) is 13.8 Å². The number of primary amides is 1. The lowest BCUT2D eigenvalue weighted by Gasteiger charge is -2.20. The maximum Gasteiger partial charge on any atom is 0.247 e. The highest BCUT2D eigenvalue weighted by molar-refractivity contribution is 6.00. The van der Waals surface area contributed by atoms with E-state index in [0.29, 0.717) is 25.3 Å². The number of rotatable bonds is 20. The highest BCUT2D eigenvalue weighted by atomic mass is 16.5. The molecule has 0 aliphatic heterocycles. The fraction of sp³-hybridized carbons (Fsp3) is 0.586. The molecule has 0 spiro atoms. The molecule has 1 aromatic rings. The maximum atomic E-state index is 12.7. The van der Waals surface area contributed by atoms with Crippen molar-refractivity contribution in [3.05, 3.63) is 29.8 Å². The van der Waals surface area contributed by atoms with Crippen LogP contribution in [0.25, 0.3) is 0 Å². The summed E-state index contributed by atoms with van der Waals surface area (Å²) in [6, 6.07) is 4.92. The summed E-state index contributed by atoms with van der Waals surface area (Å²) in [4.78, 5) is 73.2. The first-order valence-electron chi connectivity index (χ1n) is 13.8. The molecule has 12 heteroatoms. The molecule has 4 amide bonds. The lowest BCUT2D eigenvalue weighted by atomic mass is 9.99. The molecule has 1 rings (SSSR count). The number of carbonyl (C=O) groups excluding carboxylic acids is 6. The van der Waals surface area contributed by atoms with Gasteiger partial charge in [-0.15, -0.1) is 0 Å². The van der Waals surface area contributed by atoms with Crippen LogP contribution in [0.3, 0.4) is 0 Å². The van der Waals surface area contributed by atoms with Crippen LogP contribution in [0.15, 0.2) is 24.3 Å². The molecule has 0 heterocycles. The van der Waals surface area contributed by atoms with Crippen molar-refractivity contribution >= 4 is 40.9 Å². The number of hydrogen-bond acceptors (Lipinski definition) is 8. The first-order chi connectivity index (χ1) is 19.3. The van der Waals surface area contributed by atoms with E-state index < -0.39 is 42.1 Å². The Labute approximate surface area is 241 Å². The Kier molecular flexibility index (Phi) is 16.1. The molecule has 1 aromatic carbocycles. The van der Waals surface area contributed by atoms with Gasteiger partial charge in [0.05, 0.1) is 38.9 Å². The van der Waals surface area contributed by atoms with Gasteiger partial charge in [0.25, 0.3) is 0 Å². The van der Waals surface area contributed by atoms with Gasteiger partial charge in [0.1, 0.15) is 11.8 Å². The maximum absolute atomic E-state index is 12.7. The van der Waals surface area contributed by atoms with E-state index in [9.17, 15) is 28.8 Å². The van der Waals surface area contributed by atoms with Crippen LogP contribution in [0.2, 0.25) is 0 Å². The molecule has 0 bridgehead atoms. The number of benzene rings is 1. The number of carbonyl (C=O) groups is 6. The molecule has 0 saturated heterocycles. The summed E-state index contributed by atoms with van der Waals surface area (Å²) in [5.74, 6) is -3.47. The van der Waals surface area contributed by atoms with Gasteiger partial charge in [-0.3, -0.25) is 28.8 Å². The standard InChI is InChI=1S/C29H44N4O8/c1-18(2)24(34)10-12-40-14-15-41-13-11-27(37)31-21(5)25(35)16-20(4)28(38)33-23(17-26(30)36)29(39)32-22-8-6-19(3)7-9-22/h6-9,18,20-21,23H,10-17H2,1-5H3,(H2,30,36)(H,31,37)(H,32,39)(H,33,38)/t20-,21+,23+/m1/s1. The van der Waals surface area contributed by atoms with E-state index in [1.807, 2.05) is 20.8 Å². The highest BCUT2D eigenvalue weighted by Crippen LogP contribution is 2.11. The number of nitrogens with two attached hydrogens (primary N) is 1. The van der Waals surface area contributed by atoms with Gasteiger partial charge < -0.3 is 31.2 Å². The lowest BCUT2D eigenvalue weighted by molar-refractivity contribution is -0.133. The Morgan fingerprint density at radius 2 is 1.34 bits per heavy atom. The zero-order chi connectivity index (χ0) is 30.9. The van der Waals surface area contributed by atoms with Crippen LogP contribution in [0.1, 0.15) is 58.9 Å². The van der Waals surface area contributed by atoms with E-state index in [0.717, 1.165) is 5.56 Å². The third-order valence-corrected chi connectivity index (χ3v) is 6.16. The molecule has 0 unspecified atom stereocenters. The highest BCUT2D eigenvalue weighted by Gasteiger charge is 2.27. The second-order valence-corrected chi connectivity index (χ2v) is 10.3. The Balaban J connectivity index is 2.41. The average Bonchev–Trinajstić information content (AvgIpc) is 2.90. The van der Waals surface area contributed by atoms with Crippen LogP contribution in [-0.2, 0) is 38.2 Å². The summed E-state index contributed by atoms with van der Waals surface area (Å²) in [5.41, 5.74) is 6.75. The first kappa shape index (κ1) is 35.4.